The van der Waals surface area contributed by atoms with Crippen LogP contribution in [-0.4, -0.2) is 29.1 Å². The minimum Gasteiger partial charge on any atom is -1.00 e. The SMILES string of the molecule is C=CC(CC)(c1ccccc1O)[N+]1=CNCC1.[Cl-]. The van der Waals surface area contributed by atoms with Gasteiger partial charge >= 0.3 is 0 Å². The molecule has 2 N–H and O–H groups in total. The van der Waals surface area contributed by atoms with Crippen molar-refractivity contribution in [3.8, 4) is 5.75 Å². The summed E-state index contributed by atoms with van der Waals surface area (Å²) in [5, 5.41) is 13.3. The maximum atomic E-state index is 10.1. The molecule has 4 heteroatoms. The van der Waals surface area contributed by atoms with Crippen molar-refractivity contribution in [2.45, 2.75) is 18.9 Å². The first-order valence-electron chi connectivity index (χ1n) is 6.00. The van der Waals surface area contributed by atoms with Gasteiger partial charge in [-0.25, -0.2) is 0 Å². The smallest absolute Gasteiger partial charge is 0.233 e. The van der Waals surface area contributed by atoms with Crippen molar-refractivity contribution in [1.29, 1.82) is 0 Å². The van der Waals surface area contributed by atoms with E-state index in [4.69, 9.17) is 0 Å². The molecular formula is C14H19ClN2O. The van der Waals surface area contributed by atoms with Gasteiger partial charge in [-0.05, 0) is 18.6 Å². The molecule has 0 saturated carbocycles. The molecule has 1 heterocycles. The predicted octanol–water partition coefficient (Wildman–Crippen LogP) is -1.17. The van der Waals surface area contributed by atoms with Gasteiger partial charge < -0.3 is 17.5 Å². The first-order valence-corrected chi connectivity index (χ1v) is 6.00. The molecule has 1 aliphatic rings. The number of para-hydroxylation sites is 1. The molecule has 0 saturated heterocycles. The molecule has 3 nitrogen and oxygen atoms in total. The molecule has 0 spiro atoms. The maximum absolute atomic E-state index is 10.1. The fraction of sp³-hybridized carbons (Fsp3) is 0.357. The van der Waals surface area contributed by atoms with Gasteiger partial charge in [0.15, 0.2) is 5.54 Å². The van der Waals surface area contributed by atoms with Gasteiger partial charge in [-0.2, -0.15) is 0 Å². The molecule has 0 radical (unpaired) electrons. The molecule has 1 atom stereocenters. The van der Waals surface area contributed by atoms with E-state index in [2.05, 4.69) is 23.4 Å². The minimum absolute atomic E-state index is 0. The number of phenols is 1. The molecule has 1 aromatic rings. The topological polar surface area (TPSA) is 35.3 Å². The van der Waals surface area contributed by atoms with E-state index in [0.29, 0.717) is 5.75 Å². The monoisotopic (exact) mass is 266 g/mol. The Morgan fingerprint density at radius 3 is 2.72 bits per heavy atom. The average Bonchev–Trinajstić information content (AvgIpc) is 2.88. The van der Waals surface area contributed by atoms with Gasteiger partial charge in [-0.3, -0.25) is 9.89 Å². The summed E-state index contributed by atoms with van der Waals surface area (Å²) in [6, 6.07) is 7.49. The third kappa shape index (κ3) is 2.23. The molecule has 0 aliphatic carbocycles. The number of nitrogens with one attached hydrogen (secondary N) is 1. The lowest BCUT2D eigenvalue weighted by Crippen LogP contribution is -3.00. The van der Waals surface area contributed by atoms with Crippen molar-refractivity contribution in [1.82, 2.24) is 5.32 Å². The molecule has 0 aromatic heterocycles. The Balaban J connectivity index is 0.00000162. The number of aromatic hydroxyl groups is 1. The number of hydrogen-bond acceptors (Lipinski definition) is 2. The van der Waals surface area contributed by atoms with Crippen LogP contribution in [0.3, 0.4) is 0 Å². The highest BCUT2D eigenvalue weighted by atomic mass is 35.5. The highest BCUT2D eigenvalue weighted by molar-refractivity contribution is 5.51. The van der Waals surface area contributed by atoms with Crippen LogP contribution in [0.4, 0.5) is 0 Å². The zero-order valence-corrected chi connectivity index (χ0v) is 11.3. The Morgan fingerprint density at radius 1 is 1.50 bits per heavy atom. The van der Waals surface area contributed by atoms with E-state index in [0.717, 1.165) is 25.1 Å². The number of nitrogens with zero attached hydrogens (tertiary/aromatic N) is 1. The molecule has 0 amide bonds. The lowest BCUT2D eigenvalue weighted by atomic mass is 9.86. The van der Waals surface area contributed by atoms with Crippen LogP contribution in [0, 0.1) is 0 Å². The van der Waals surface area contributed by atoms with Crippen LogP contribution in [0.2, 0.25) is 0 Å². The molecular weight excluding hydrogens is 248 g/mol. The number of halogens is 1. The Labute approximate surface area is 114 Å². The summed E-state index contributed by atoms with van der Waals surface area (Å²) >= 11 is 0. The lowest BCUT2D eigenvalue weighted by molar-refractivity contribution is -0.593. The van der Waals surface area contributed by atoms with Gasteiger partial charge in [0.1, 0.15) is 18.8 Å². The van der Waals surface area contributed by atoms with Crippen LogP contribution in [0.1, 0.15) is 18.9 Å². The first kappa shape index (κ1) is 14.6. The van der Waals surface area contributed by atoms with Crippen molar-refractivity contribution in [3.63, 3.8) is 0 Å². The van der Waals surface area contributed by atoms with E-state index in [1.165, 1.54) is 0 Å². The van der Waals surface area contributed by atoms with Crippen LogP contribution in [0.15, 0.2) is 36.9 Å². The van der Waals surface area contributed by atoms with E-state index >= 15 is 0 Å². The number of rotatable bonds is 4. The van der Waals surface area contributed by atoms with Gasteiger partial charge in [0, 0.05) is 5.56 Å². The Kier molecular flexibility index (Phi) is 4.79. The highest BCUT2D eigenvalue weighted by Crippen LogP contribution is 2.36. The quantitative estimate of drug-likeness (QED) is 0.532. The number of hydrogen-bond donors (Lipinski definition) is 2. The van der Waals surface area contributed by atoms with Crippen molar-refractivity contribution in [2.24, 2.45) is 0 Å². The third-order valence-electron chi connectivity index (χ3n) is 3.50. The van der Waals surface area contributed by atoms with E-state index < -0.39 is 0 Å². The molecule has 1 aromatic carbocycles. The lowest BCUT2D eigenvalue weighted by Gasteiger charge is -2.29. The zero-order valence-electron chi connectivity index (χ0n) is 10.6. The number of phenolic OH excluding ortho intramolecular Hbond substituents is 1. The van der Waals surface area contributed by atoms with Crippen LogP contribution in [0.5, 0.6) is 5.75 Å². The Hall–Kier alpha value is -1.48. The van der Waals surface area contributed by atoms with Crippen molar-refractivity contribution in [2.75, 3.05) is 13.1 Å². The van der Waals surface area contributed by atoms with E-state index in [9.17, 15) is 5.11 Å². The molecule has 2 rings (SSSR count). The first-order chi connectivity index (χ1) is 8.24. The fourth-order valence-electron chi connectivity index (χ4n) is 2.50. The summed E-state index contributed by atoms with van der Waals surface area (Å²) < 4.78 is 2.20. The molecule has 1 aliphatic heterocycles. The van der Waals surface area contributed by atoms with Gasteiger partial charge in [0.2, 0.25) is 6.34 Å². The Morgan fingerprint density at radius 2 is 2.22 bits per heavy atom. The standard InChI is InChI=1S/C14H18N2O.ClH/c1-3-14(4-2,16-10-9-15-11-16)12-7-5-6-8-13(12)17;/h3,5-8,11,17H,1,4,9-10H2,2H3;1H. The van der Waals surface area contributed by atoms with Crippen LogP contribution in [-0.2, 0) is 5.54 Å². The maximum Gasteiger partial charge on any atom is 0.233 e. The van der Waals surface area contributed by atoms with Crippen LogP contribution >= 0.6 is 0 Å². The summed E-state index contributed by atoms with van der Waals surface area (Å²) in [4.78, 5) is 0. The summed E-state index contributed by atoms with van der Waals surface area (Å²) in [6.07, 6.45) is 4.77. The molecule has 0 bridgehead atoms. The zero-order chi connectivity index (χ0) is 12.3. The van der Waals surface area contributed by atoms with Crippen LogP contribution < -0.4 is 17.7 Å². The van der Waals surface area contributed by atoms with E-state index in [1.807, 2.05) is 30.6 Å². The second-order valence-corrected chi connectivity index (χ2v) is 4.28. The van der Waals surface area contributed by atoms with Gasteiger partial charge in [0.25, 0.3) is 0 Å². The Bertz CT molecular complexity index is 459. The molecule has 98 valence electrons. The van der Waals surface area contributed by atoms with E-state index in [1.54, 1.807) is 6.07 Å². The fourth-order valence-corrected chi connectivity index (χ4v) is 2.50. The van der Waals surface area contributed by atoms with Crippen molar-refractivity contribution in [3.05, 3.63) is 42.5 Å². The predicted molar refractivity (Wildman–Crippen MR) is 69.5 cm³/mol. The average molecular weight is 267 g/mol. The van der Waals surface area contributed by atoms with E-state index in [-0.39, 0.29) is 17.9 Å². The summed E-state index contributed by atoms with van der Waals surface area (Å²) in [7, 11) is 0. The van der Waals surface area contributed by atoms with Crippen molar-refractivity contribution >= 4 is 6.34 Å². The largest absolute Gasteiger partial charge is 1.00 e. The molecule has 18 heavy (non-hydrogen) atoms. The second-order valence-electron chi connectivity index (χ2n) is 4.28. The van der Waals surface area contributed by atoms with Crippen LogP contribution in [0.25, 0.3) is 0 Å². The van der Waals surface area contributed by atoms with Gasteiger partial charge in [-0.1, -0.05) is 31.7 Å². The number of benzene rings is 1. The minimum atomic E-state index is -0.325. The summed E-state index contributed by atoms with van der Waals surface area (Å²) in [5.41, 5.74) is 0.590. The van der Waals surface area contributed by atoms with Gasteiger partial charge in [0.05, 0.1) is 0 Å². The van der Waals surface area contributed by atoms with Crippen molar-refractivity contribution < 1.29 is 22.1 Å². The molecule has 1 unspecified atom stereocenters. The third-order valence-corrected chi connectivity index (χ3v) is 3.50. The van der Waals surface area contributed by atoms with Gasteiger partial charge in [-0.15, -0.1) is 0 Å². The summed E-state index contributed by atoms with van der Waals surface area (Å²) in [6.45, 7) is 7.94. The summed E-state index contributed by atoms with van der Waals surface area (Å²) in [5.74, 6) is 0.328. The molecule has 0 fully saturated rings. The highest BCUT2D eigenvalue weighted by Gasteiger charge is 2.38. The normalized spacial score (nSPS) is 17.1. The second kappa shape index (κ2) is 5.91.